The first-order valence-electron chi connectivity index (χ1n) is 5.83. The molecule has 5 heteroatoms. The SMILES string of the molecule is O=S(=O)(Nc1cccc(C#CCCO)c1)C1CC1. The zero-order valence-corrected chi connectivity index (χ0v) is 10.7. The van der Waals surface area contributed by atoms with Crippen LogP contribution >= 0.6 is 0 Å². The Morgan fingerprint density at radius 3 is 2.83 bits per heavy atom. The Morgan fingerprint density at radius 2 is 2.17 bits per heavy atom. The second-order valence-corrected chi connectivity index (χ2v) is 6.16. The molecule has 1 saturated carbocycles. The van der Waals surface area contributed by atoms with Crippen LogP contribution in [0.3, 0.4) is 0 Å². The molecule has 0 radical (unpaired) electrons. The van der Waals surface area contributed by atoms with E-state index in [9.17, 15) is 8.42 Å². The number of nitrogens with one attached hydrogen (secondary N) is 1. The van der Waals surface area contributed by atoms with E-state index in [4.69, 9.17) is 5.11 Å². The van der Waals surface area contributed by atoms with E-state index in [1.807, 2.05) is 0 Å². The fourth-order valence-electron chi connectivity index (χ4n) is 1.51. The number of hydrogen-bond donors (Lipinski definition) is 2. The van der Waals surface area contributed by atoms with Crippen molar-refractivity contribution < 1.29 is 13.5 Å². The third-order valence-corrected chi connectivity index (χ3v) is 4.42. The average Bonchev–Trinajstić information content (AvgIpc) is 3.13. The summed E-state index contributed by atoms with van der Waals surface area (Å²) in [6.07, 6.45) is 1.90. The quantitative estimate of drug-likeness (QED) is 0.807. The summed E-state index contributed by atoms with van der Waals surface area (Å²) < 4.78 is 26.1. The lowest BCUT2D eigenvalue weighted by Gasteiger charge is -2.06. The number of hydrogen-bond acceptors (Lipinski definition) is 3. The van der Waals surface area contributed by atoms with Gasteiger partial charge in [-0.2, -0.15) is 0 Å². The predicted octanol–water partition coefficient (Wildman–Crippen LogP) is 1.32. The van der Waals surface area contributed by atoms with Crippen LogP contribution in [0.4, 0.5) is 5.69 Å². The normalized spacial score (nSPS) is 14.7. The number of aliphatic hydroxyl groups excluding tert-OH is 1. The smallest absolute Gasteiger partial charge is 0.235 e. The molecule has 0 bridgehead atoms. The zero-order valence-electron chi connectivity index (χ0n) is 9.89. The maximum atomic E-state index is 11.8. The summed E-state index contributed by atoms with van der Waals surface area (Å²) in [5.41, 5.74) is 1.28. The summed E-state index contributed by atoms with van der Waals surface area (Å²) in [6, 6.07) is 6.97. The van der Waals surface area contributed by atoms with Crippen molar-refractivity contribution in [1.82, 2.24) is 0 Å². The Hall–Kier alpha value is -1.51. The highest BCUT2D eigenvalue weighted by Crippen LogP contribution is 2.29. The second-order valence-electron chi connectivity index (χ2n) is 4.20. The van der Waals surface area contributed by atoms with Crippen LogP contribution in [0.1, 0.15) is 24.8 Å². The minimum absolute atomic E-state index is 0.0288. The van der Waals surface area contributed by atoms with Gasteiger partial charge in [0.1, 0.15) is 0 Å². The highest BCUT2D eigenvalue weighted by atomic mass is 32.2. The highest BCUT2D eigenvalue weighted by molar-refractivity contribution is 7.93. The van der Waals surface area contributed by atoms with Crippen LogP contribution in [0.15, 0.2) is 24.3 Å². The average molecular weight is 265 g/mol. The van der Waals surface area contributed by atoms with Crippen LogP contribution in [0.25, 0.3) is 0 Å². The van der Waals surface area contributed by atoms with Crippen molar-refractivity contribution in [2.75, 3.05) is 11.3 Å². The van der Waals surface area contributed by atoms with Crippen molar-refractivity contribution in [3.05, 3.63) is 29.8 Å². The van der Waals surface area contributed by atoms with E-state index in [2.05, 4.69) is 16.6 Å². The second kappa shape index (κ2) is 5.42. The molecule has 18 heavy (non-hydrogen) atoms. The highest BCUT2D eigenvalue weighted by Gasteiger charge is 2.35. The molecule has 1 aromatic rings. The molecule has 96 valence electrons. The Bertz CT molecular complexity index is 580. The molecule has 0 unspecified atom stereocenters. The molecule has 4 nitrogen and oxygen atoms in total. The van der Waals surface area contributed by atoms with Gasteiger partial charge in [0.2, 0.25) is 10.0 Å². The van der Waals surface area contributed by atoms with Gasteiger partial charge in [-0.25, -0.2) is 8.42 Å². The summed E-state index contributed by atoms with van der Waals surface area (Å²) >= 11 is 0. The van der Waals surface area contributed by atoms with E-state index in [0.717, 1.165) is 18.4 Å². The number of anilines is 1. The Balaban J connectivity index is 2.10. The van der Waals surface area contributed by atoms with Gasteiger partial charge in [-0.3, -0.25) is 4.72 Å². The van der Waals surface area contributed by atoms with Gasteiger partial charge in [-0.1, -0.05) is 17.9 Å². The summed E-state index contributed by atoms with van der Waals surface area (Å²) in [5.74, 6) is 5.67. The van der Waals surface area contributed by atoms with Gasteiger partial charge in [0.25, 0.3) is 0 Å². The number of aliphatic hydroxyl groups is 1. The van der Waals surface area contributed by atoms with Crippen LogP contribution < -0.4 is 4.72 Å². The Labute approximate surface area is 107 Å². The van der Waals surface area contributed by atoms with Crippen molar-refractivity contribution in [3.63, 3.8) is 0 Å². The fraction of sp³-hybridized carbons (Fsp3) is 0.385. The van der Waals surface area contributed by atoms with Crippen molar-refractivity contribution in [2.45, 2.75) is 24.5 Å². The van der Waals surface area contributed by atoms with E-state index in [-0.39, 0.29) is 11.9 Å². The van der Waals surface area contributed by atoms with Crippen molar-refractivity contribution in [2.24, 2.45) is 0 Å². The van der Waals surface area contributed by atoms with Crippen LogP contribution in [-0.4, -0.2) is 25.4 Å². The molecule has 1 fully saturated rings. The molecule has 2 rings (SSSR count). The molecule has 0 amide bonds. The lowest BCUT2D eigenvalue weighted by molar-refractivity contribution is 0.305. The van der Waals surface area contributed by atoms with Gasteiger partial charge in [-0.05, 0) is 31.0 Å². The van der Waals surface area contributed by atoms with E-state index in [0.29, 0.717) is 12.1 Å². The Kier molecular flexibility index (Phi) is 3.90. The maximum absolute atomic E-state index is 11.8. The number of benzene rings is 1. The zero-order chi connectivity index (χ0) is 13.0. The molecule has 0 heterocycles. The van der Waals surface area contributed by atoms with Crippen molar-refractivity contribution >= 4 is 15.7 Å². The molecule has 0 aromatic heterocycles. The molecule has 0 saturated heterocycles. The Morgan fingerprint density at radius 1 is 1.39 bits per heavy atom. The van der Waals surface area contributed by atoms with Gasteiger partial charge < -0.3 is 5.11 Å². The van der Waals surface area contributed by atoms with Gasteiger partial charge >= 0.3 is 0 Å². The largest absolute Gasteiger partial charge is 0.395 e. The molecule has 1 aromatic carbocycles. The lowest BCUT2D eigenvalue weighted by Crippen LogP contribution is -2.17. The van der Waals surface area contributed by atoms with E-state index in [1.54, 1.807) is 24.3 Å². The summed E-state index contributed by atoms with van der Waals surface area (Å²) in [4.78, 5) is 0. The summed E-state index contributed by atoms with van der Waals surface area (Å²) in [6.45, 7) is 0.0288. The number of rotatable bonds is 4. The lowest BCUT2D eigenvalue weighted by atomic mass is 10.2. The maximum Gasteiger partial charge on any atom is 0.235 e. The molecule has 0 aliphatic heterocycles. The van der Waals surface area contributed by atoms with Crippen molar-refractivity contribution in [1.29, 1.82) is 0 Å². The molecule has 0 atom stereocenters. The molecule has 0 spiro atoms. The van der Waals surface area contributed by atoms with Gasteiger partial charge in [0.05, 0.1) is 11.9 Å². The molecular weight excluding hydrogens is 250 g/mol. The number of sulfonamides is 1. The summed E-state index contributed by atoms with van der Waals surface area (Å²) in [7, 11) is -3.22. The first kappa shape index (κ1) is 12.9. The van der Waals surface area contributed by atoms with E-state index >= 15 is 0 Å². The molecule has 1 aliphatic rings. The first-order chi connectivity index (χ1) is 8.62. The molecule has 1 aliphatic carbocycles. The minimum atomic E-state index is -3.22. The topological polar surface area (TPSA) is 66.4 Å². The fourth-order valence-corrected chi connectivity index (χ4v) is 2.89. The van der Waals surface area contributed by atoms with E-state index < -0.39 is 10.0 Å². The molecule has 2 N–H and O–H groups in total. The van der Waals surface area contributed by atoms with Crippen LogP contribution in [0.2, 0.25) is 0 Å². The minimum Gasteiger partial charge on any atom is -0.395 e. The van der Waals surface area contributed by atoms with Crippen molar-refractivity contribution in [3.8, 4) is 11.8 Å². The van der Waals surface area contributed by atoms with E-state index in [1.165, 1.54) is 0 Å². The third-order valence-electron chi connectivity index (χ3n) is 2.56. The van der Waals surface area contributed by atoms with Crippen LogP contribution in [0, 0.1) is 11.8 Å². The van der Waals surface area contributed by atoms with Crippen LogP contribution in [-0.2, 0) is 10.0 Å². The van der Waals surface area contributed by atoms with Gasteiger partial charge in [0.15, 0.2) is 0 Å². The monoisotopic (exact) mass is 265 g/mol. The van der Waals surface area contributed by atoms with Gasteiger partial charge in [-0.15, -0.1) is 0 Å². The van der Waals surface area contributed by atoms with Crippen LogP contribution in [0.5, 0.6) is 0 Å². The summed E-state index contributed by atoms with van der Waals surface area (Å²) in [5, 5.41) is 8.39. The third kappa shape index (κ3) is 3.49. The standard InChI is InChI=1S/C13H15NO3S/c15-9-2-1-4-11-5-3-6-12(10-11)14-18(16,17)13-7-8-13/h3,5-6,10,13-15H,2,7-9H2. The molecular formula is C13H15NO3S. The predicted molar refractivity (Wildman–Crippen MR) is 70.6 cm³/mol. The first-order valence-corrected chi connectivity index (χ1v) is 7.38. The van der Waals surface area contributed by atoms with Gasteiger partial charge in [0, 0.05) is 17.7 Å².